The highest BCUT2D eigenvalue weighted by atomic mass is 35.5. The number of hydrogen-bond acceptors (Lipinski definition) is 4. The highest BCUT2D eigenvalue weighted by molar-refractivity contribution is 6.31. The Bertz CT molecular complexity index is 1050. The van der Waals surface area contributed by atoms with Crippen LogP contribution in [0, 0.1) is 23.7 Å². The molecule has 0 radical (unpaired) electrons. The number of hydrogen-bond donors (Lipinski definition) is 0. The minimum atomic E-state index is -0.794. The van der Waals surface area contributed by atoms with Crippen LogP contribution in [0.3, 0.4) is 0 Å². The van der Waals surface area contributed by atoms with Crippen LogP contribution in [0.2, 0.25) is 5.02 Å². The minimum Gasteiger partial charge on any atom is -0.480 e. The first-order valence-electron chi connectivity index (χ1n) is 10.1. The van der Waals surface area contributed by atoms with Gasteiger partial charge in [-0.05, 0) is 43.4 Å². The summed E-state index contributed by atoms with van der Waals surface area (Å²) in [5.74, 6) is -0.725. The molecule has 0 unspecified atom stereocenters. The fourth-order valence-corrected chi connectivity index (χ4v) is 5.15. The van der Waals surface area contributed by atoms with Crippen molar-refractivity contribution >= 4 is 34.9 Å². The first kappa shape index (κ1) is 19.1. The van der Waals surface area contributed by atoms with E-state index in [0.29, 0.717) is 16.3 Å². The molecule has 2 bridgehead atoms. The topological polar surface area (TPSA) is 63.7 Å². The summed E-state index contributed by atoms with van der Waals surface area (Å²) in [6.07, 6.45) is 4.17. The van der Waals surface area contributed by atoms with Crippen molar-refractivity contribution in [3.05, 3.63) is 71.3 Å². The van der Waals surface area contributed by atoms with Crippen molar-refractivity contribution in [1.29, 1.82) is 0 Å². The Kier molecular flexibility index (Phi) is 4.51. The molecule has 1 saturated carbocycles. The van der Waals surface area contributed by atoms with E-state index in [2.05, 4.69) is 12.2 Å². The second-order valence-corrected chi connectivity index (χ2v) is 8.55. The molecule has 0 spiro atoms. The fraction of sp³-hybridized carbons (Fsp3) is 0.292. The minimum absolute atomic E-state index is 0.114. The third-order valence-electron chi connectivity index (χ3n) is 6.36. The predicted octanol–water partition coefficient (Wildman–Crippen LogP) is 4.30. The van der Waals surface area contributed by atoms with E-state index < -0.39 is 6.10 Å². The molecule has 5 rings (SSSR count). The number of amides is 2. The highest BCUT2D eigenvalue weighted by Crippen LogP contribution is 2.54. The van der Waals surface area contributed by atoms with Gasteiger partial charge in [0.25, 0.3) is 0 Å². The molecular weight excluding hydrogens is 402 g/mol. The lowest BCUT2D eigenvalue weighted by Crippen LogP contribution is -2.34. The Balaban J connectivity index is 1.46. The van der Waals surface area contributed by atoms with E-state index in [4.69, 9.17) is 16.3 Å². The molecule has 2 aromatic rings. The summed E-state index contributed by atoms with van der Waals surface area (Å²) in [5, 5.41) is 0.387. The van der Waals surface area contributed by atoms with Crippen molar-refractivity contribution in [2.45, 2.75) is 19.4 Å². The Morgan fingerprint density at radius 1 is 1.03 bits per heavy atom. The van der Waals surface area contributed by atoms with E-state index in [1.54, 1.807) is 49.4 Å². The van der Waals surface area contributed by atoms with Gasteiger partial charge >= 0.3 is 0 Å². The summed E-state index contributed by atoms with van der Waals surface area (Å²) in [7, 11) is 0. The van der Waals surface area contributed by atoms with E-state index in [1.165, 1.54) is 4.90 Å². The number of halogens is 1. The van der Waals surface area contributed by atoms with Crippen LogP contribution in [0.1, 0.15) is 23.7 Å². The molecule has 152 valence electrons. The Hall–Kier alpha value is -2.92. The fourth-order valence-electron chi connectivity index (χ4n) is 4.99. The lowest BCUT2D eigenvalue weighted by molar-refractivity contribution is -0.123. The zero-order valence-corrected chi connectivity index (χ0v) is 17.1. The van der Waals surface area contributed by atoms with Crippen LogP contribution in [0.15, 0.2) is 60.7 Å². The summed E-state index contributed by atoms with van der Waals surface area (Å²) in [5.41, 5.74) is 0.838. The van der Waals surface area contributed by atoms with Crippen molar-refractivity contribution in [2.24, 2.45) is 23.7 Å². The first-order valence-corrected chi connectivity index (χ1v) is 10.4. The number of benzene rings is 2. The molecule has 5 nitrogen and oxygen atoms in total. The quantitative estimate of drug-likeness (QED) is 0.410. The average molecular weight is 422 g/mol. The predicted molar refractivity (Wildman–Crippen MR) is 113 cm³/mol. The molecule has 3 aliphatic rings. The van der Waals surface area contributed by atoms with Crippen molar-refractivity contribution in [2.75, 3.05) is 4.90 Å². The first-order chi connectivity index (χ1) is 14.5. The monoisotopic (exact) mass is 421 g/mol. The zero-order valence-electron chi connectivity index (χ0n) is 16.3. The van der Waals surface area contributed by atoms with Gasteiger partial charge in [0, 0.05) is 10.6 Å². The number of fused-ring (bicyclic) bond motifs is 5. The van der Waals surface area contributed by atoms with Crippen LogP contribution in [0.4, 0.5) is 5.69 Å². The maximum atomic E-state index is 13.2. The van der Waals surface area contributed by atoms with Gasteiger partial charge in [0.15, 0.2) is 6.10 Å². The molecular formula is C24H20ClNO4. The van der Waals surface area contributed by atoms with Gasteiger partial charge in [-0.3, -0.25) is 14.4 Å². The van der Waals surface area contributed by atoms with Gasteiger partial charge < -0.3 is 4.74 Å². The van der Waals surface area contributed by atoms with Gasteiger partial charge in [0.1, 0.15) is 5.75 Å². The normalized spacial score (nSPS) is 27.5. The molecule has 2 aromatic carbocycles. The van der Waals surface area contributed by atoms with Crippen LogP contribution < -0.4 is 9.64 Å². The largest absolute Gasteiger partial charge is 0.480 e. The highest BCUT2D eigenvalue weighted by Gasteiger charge is 2.60. The van der Waals surface area contributed by atoms with Crippen molar-refractivity contribution in [3.63, 3.8) is 0 Å². The number of ether oxygens (including phenoxy) is 1. The lowest BCUT2D eigenvalue weighted by atomic mass is 9.85. The maximum absolute atomic E-state index is 13.2. The number of allylic oxidation sites excluding steroid dienone is 2. The summed E-state index contributed by atoms with van der Waals surface area (Å²) in [6.45, 7) is 1.65. The molecule has 1 saturated heterocycles. The summed E-state index contributed by atoms with van der Waals surface area (Å²) >= 11 is 6.19. The van der Waals surface area contributed by atoms with Crippen LogP contribution in [-0.2, 0) is 9.59 Å². The van der Waals surface area contributed by atoms with Crippen molar-refractivity contribution in [3.8, 4) is 5.75 Å². The molecule has 30 heavy (non-hydrogen) atoms. The van der Waals surface area contributed by atoms with Gasteiger partial charge in [0.05, 0.1) is 17.5 Å². The van der Waals surface area contributed by atoms with Gasteiger partial charge in [-0.1, -0.05) is 54.1 Å². The number of imide groups is 1. The molecule has 2 fully saturated rings. The number of anilines is 1. The van der Waals surface area contributed by atoms with E-state index >= 15 is 0 Å². The van der Waals surface area contributed by atoms with E-state index in [9.17, 15) is 14.4 Å². The summed E-state index contributed by atoms with van der Waals surface area (Å²) < 4.78 is 5.95. The van der Waals surface area contributed by atoms with Crippen LogP contribution in [0.5, 0.6) is 5.75 Å². The van der Waals surface area contributed by atoms with Gasteiger partial charge in [-0.25, -0.2) is 4.90 Å². The standard InChI is InChI=1S/C24H20ClNO4/c1-13(22(27)14-5-3-2-4-6-14)30-19-10-9-17(25)12-18(19)26-23(28)20-15-7-8-16(11-15)21(20)24(26)29/h2-10,12-13,15-16,20-21H,11H2,1H3/t13-,15-,16+,20-,21+/m1/s1. The van der Waals surface area contributed by atoms with E-state index in [1.807, 2.05) is 6.07 Å². The zero-order chi connectivity index (χ0) is 21.0. The average Bonchev–Trinajstić information content (AvgIpc) is 3.43. The molecule has 2 aliphatic carbocycles. The summed E-state index contributed by atoms with van der Waals surface area (Å²) in [4.78, 5) is 40.3. The van der Waals surface area contributed by atoms with Crippen molar-refractivity contribution < 1.29 is 19.1 Å². The van der Waals surface area contributed by atoms with E-state index in [-0.39, 0.29) is 47.0 Å². The third-order valence-corrected chi connectivity index (χ3v) is 6.60. The van der Waals surface area contributed by atoms with Gasteiger partial charge in [0.2, 0.25) is 17.6 Å². The molecule has 5 atom stereocenters. The molecule has 1 aliphatic heterocycles. The Morgan fingerprint density at radius 3 is 2.30 bits per heavy atom. The number of rotatable bonds is 5. The number of carbonyl (C=O) groups excluding carboxylic acids is 3. The molecule has 0 aromatic heterocycles. The second kappa shape index (κ2) is 7.10. The lowest BCUT2D eigenvalue weighted by Gasteiger charge is -2.22. The molecule has 0 N–H and O–H groups in total. The Morgan fingerprint density at radius 2 is 1.67 bits per heavy atom. The third kappa shape index (κ3) is 2.88. The molecule has 6 heteroatoms. The number of ketones is 1. The van der Waals surface area contributed by atoms with E-state index in [0.717, 1.165) is 6.42 Å². The second-order valence-electron chi connectivity index (χ2n) is 8.11. The smallest absolute Gasteiger partial charge is 0.238 e. The van der Waals surface area contributed by atoms with Crippen LogP contribution in [0.25, 0.3) is 0 Å². The molecule has 1 heterocycles. The van der Waals surface area contributed by atoms with Crippen molar-refractivity contribution in [1.82, 2.24) is 0 Å². The number of nitrogens with zero attached hydrogens (tertiary/aromatic N) is 1. The summed E-state index contributed by atoms with van der Waals surface area (Å²) in [6, 6.07) is 13.6. The van der Waals surface area contributed by atoms with Crippen LogP contribution >= 0.6 is 11.6 Å². The Labute approximate surface area is 179 Å². The SMILES string of the molecule is C[C@@H](Oc1ccc(Cl)cc1N1C(=O)[C@@H]2[C@H](C1=O)[C@@H]1C=C[C@H]2C1)C(=O)c1ccccc1. The van der Waals surface area contributed by atoms with Crippen LogP contribution in [-0.4, -0.2) is 23.7 Å². The molecule has 2 amide bonds. The maximum Gasteiger partial charge on any atom is 0.238 e. The number of carbonyl (C=O) groups is 3. The van der Waals surface area contributed by atoms with Gasteiger partial charge in [-0.15, -0.1) is 0 Å². The number of Topliss-reactive ketones (excluding diaryl/α,β-unsaturated/α-hetero) is 1. The van der Waals surface area contributed by atoms with Gasteiger partial charge in [-0.2, -0.15) is 0 Å².